The highest BCUT2D eigenvalue weighted by Gasteiger charge is 2.20. The van der Waals surface area contributed by atoms with E-state index >= 15 is 0 Å². The third kappa shape index (κ3) is 5.96. The second-order valence-corrected chi connectivity index (χ2v) is 7.69. The van der Waals surface area contributed by atoms with Crippen molar-refractivity contribution in [1.29, 1.82) is 0 Å². The van der Waals surface area contributed by atoms with Crippen LogP contribution in [0.5, 0.6) is 0 Å². The van der Waals surface area contributed by atoms with Crippen LogP contribution in [0.1, 0.15) is 36.7 Å². The van der Waals surface area contributed by atoms with E-state index in [1.54, 1.807) is 13.8 Å². The molecule has 0 radical (unpaired) electrons. The van der Waals surface area contributed by atoms with Crippen LogP contribution in [0, 0.1) is 6.92 Å². The van der Waals surface area contributed by atoms with Crippen LogP contribution in [0.4, 0.5) is 0 Å². The topological polar surface area (TPSA) is 92.8 Å². The predicted molar refractivity (Wildman–Crippen MR) is 99.4 cm³/mol. The van der Waals surface area contributed by atoms with Gasteiger partial charge in [0.15, 0.2) is 6.61 Å². The van der Waals surface area contributed by atoms with Crippen LogP contribution >= 0.6 is 0 Å². The molecule has 7 nitrogen and oxygen atoms in total. The van der Waals surface area contributed by atoms with E-state index in [4.69, 9.17) is 4.74 Å². The Labute approximate surface area is 155 Å². The first kappa shape index (κ1) is 21.9. The average Bonchev–Trinajstić information content (AvgIpc) is 2.57. The molecule has 0 aliphatic carbocycles. The summed E-state index contributed by atoms with van der Waals surface area (Å²) in [6, 6.07) is 4.20. The van der Waals surface area contributed by atoms with Crippen molar-refractivity contribution < 1.29 is 22.7 Å². The number of sulfonamides is 1. The molecule has 1 N–H and O–H groups in total. The highest BCUT2D eigenvalue weighted by molar-refractivity contribution is 7.89. The number of carbonyl (C=O) groups excluding carboxylic acids is 2. The maximum Gasteiger partial charge on any atom is 0.338 e. The zero-order valence-electron chi connectivity index (χ0n) is 15.7. The molecule has 144 valence electrons. The lowest BCUT2D eigenvalue weighted by molar-refractivity contribution is -0.133. The Morgan fingerprint density at radius 2 is 1.92 bits per heavy atom. The fourth-order valence-electron chi connectivity index (χ4n) is 2.26. The first-order valence-electron chi connectivity index (χ1n) is 8.32. The Morgan fingerprint density at radius 1 is 1.27 bits per heavy atom. The fraction of sp³-hybridized carbons (Fsp3) is 0.444. The molecule has 1 amide bonds. The molecule has 0 aromatic heterocycles. The second kappa shape index (κ2) is 9.49. The maximum atomic E-state index is 12.3. The monoisotopic (exact) mass is 382 g/mol. The standard InChI is InChI=1S/C18H26N2O5S/c1-6-19-26(23,24)15-9-8-14(5)16(10-15)18(22)25-12-17(21)20(7-2)11-13(3)4/h8-10,19H,3,6-7,11-12H2,1-2,4-5H3. The Hall–Kier alpha value is -2.19. The number of hydrogen-bond donors (Lipinski definition) is 1. The van der Waals surface area contributed by atoms with Crippen molar-refractivity contribution in [1.82, 2.24) is 9.62 Å². The van der Waals surface area contributed by atoms with Crippen LogP contribution < -0.4 is 4.72 Å². The van der Waals surface area contributed by atoms with E-state index in [-0.39, 0.29) is 22.9 Å². The van der Waals surface area contributed by atoms with Crippen molar-refractivity contribution in [2.45, 2.75) is 32.6 Å². The molecule has 1 aromatic carbocycles. The summed E-state index contributed by atoms with van der Waals surface area (Å²) >= 11 is 0. The largest absolute Gasteiger partial charge is 0.452 e. The fourth-order valence-corrected chi connectivity index (χ4v) is 3.33. The molecule has 1 rings (SSSR count). The van der Waals surface area contributed by atoms with Gasteiger partial charge in [-0.05, 0) is 38.5 Å². The van der Waals surface area contributed by atoms with Crippen LogP contribution in [0.2, 0.25) is 0 Å². The van der Waals surface area contributed by atoms with Crippen LogP contribution in [0.15, 0.2) is 35.2 Å². The molecule has 0 fully saturated rings. The second-order valence-electron chi connectivity index (χ2n) is 5.92. The van der Waals surface area contributed by atoms with Gasteiger partial charge in [-0.15, -0.1) is 0 Å². The number of nitrogens with one attached hydrogen (secondary N) is 1. The summed E-state index contributed by atoms with van der Waals surface area (Å²) in [6.45, 7) is 11.4. The van der Waals surface area contributed by atoms with Crippen molar-refractivity contribution in [3.05, 3.63) is 41.5 Å². The third-order valence-corrected chi connectivity index (χ3v) is 5.14. The smallest absolute Gasteiger partial charge is 0.338 e. The molecule has 0 aliphatic heterocycles. The number of nitrogens with zero attached hydrogens (tertiary/aromatic N) is 1. The number of benzene rings is 1. The van der Waals surface area contributed by atoms with Crippen molar-refractivity contribution in [3.8, 4) is 0 Å². The summed E-state index contributed by atoms with van der Waals surface area (Å²) in [5.41, 5.74) is 1.50. The lowest BCUT2D eigenvalue weighted by Crippen LogP contribution is -2.35. The summed E-state index contributed by atoms with van der Waals surface area (Å²) < 4.78 is 31.6. The van der Waals surface area contributed by atoms with Gasteiger partial charge in [0.1, 0.15) is 0 Å². The van der Waals surface area contributed by atoms with Crippen LogP contribution in [0.3, 0.4) is 0 Å². The summed E-state index contributed by atoms with van der Waals surface area (Å²) in [6.07, 6.45) is 0. The molecule has 1 aromatic rings. The van der Waals surface area contributed by atoms with Gasteiger partial charge in [0.05, 0.1) is 10.5 Å². The van der Waals surface area contributed by atoms with E-state index in [1.807, 2.05) is 13.8 Å². The summed E-state index contributed by atoms with van der Waals surface area (Å²) in [4.78, 5) is 26.0. The van der Waals surface area contributed by atoms with E-state index in [0.29, 0.717) is 18.7 Å². The van der Waals surface area contributed by atoms with Gasteiger partial charge >= 0.3 is 5.97 Å². The van der Waals surface area contributed by atoms with Gasteiger partial charge in [-0.3, -0.25) is 4.79 Å². The number of rotatable bonds is 9. The zero-order valence-corrected chi connectivity index (χ0v) is 16.5. The normalized spacial score (nSPS) is 11.1. The van der Waals surface area contributed by atoms with Gasteiger partial charge < -0.3 is 9.64 Å². The highest BCUT2D eigenvalue weighted by Crippen LogP contribution is 2.16. The van der Waals surface area contributed by atoms with Crippen molar-refractivity contribution in [2.24, 2.45) is 0 Å². The number of hydrogen-bond acceptors (Lipinski definition) is 5. The van der Waals surface area contributed by atoms with Crippen molar-refractivity contribution >= 4 is 21.9 Å². The number of amides is 1. The number of aryl methyl sites for hydroxylation is 1. The van der Waals surface area contributed by atoms with Crippen LogP contribution in [0.25, 0.3) is 0 Å². The molecule has 0 heterocycles. The summed E-state index contributed by atoms with van der Waals surface area (Å²) in [5.74, 6) is -1.08. The SMILES string of the molecule is C=C(C)CN(CC)C(=O)COC(=O)c1cc(S(=O)(=O)NCC)ccc1C. The molecule has 0 bridgehead atoms. The molecule has 0 unspecified atom stereocenters. The number of esters is 1. The van der Waals surface area contributed by atoms with E-state index in [1.165, 1.54) is 23.1 Å². The molecular formula is C18H26N2O5S. The van der Waals surface area contributed by atoms with Gasteiger partial charge in [-0.2, -0.15) is 0 Å². The first-order chi connectivity index (χ1) is 12.1. The molecular weight excluding hydrogens is 356 g/mol. The molecule has 0 spiro atoms. The molecule has 0 aliphatic rings. The number of carbonyl (C=O) groups is 2. The number of likely N-dealkylation sites (N-methyl/N-ethyl adjacent to an activating group) is 1. The quantitative estimate of drug-likeness (QED) is 0.520. The lowest BCUT2D eigenvalue weighted by Gasteiger charge is -2.20. The van der Waals surface area contributed by atoms with E-state index in [2.05, 4.69) is 11.3 Å². The van der Waals surface area contributed by atoms with Gasteiger partial charge in [-0.1, -0.05) is 25.1 Å². The maximum absolute atomic E-state index is 12.3. The van der Waals surface area contributed by atoms with Gasteiger partial charge in [0, 0.05) is 19.6 Å². The molecule has 8 heteroatoms. The predicted octanol–water partition coefficient (Wildman–Crippen LogP) is 1.87. The molecule has 0 saturated heterocycles. The highest BCUT2D eigenvalue weighted by atomic mass is 32.2. The van der Waals surface area contributed by atoms with E-state index in [0.717, 1.165) is 5.57 Å². The Morgan fingerprint density at radius 3 is 2.46 bits per heavy atom. The zero-order chi connectivity index (χ0) is 19.9. The Balaban J connectivity index is 2.90. The minimum atomic E-state index is -3.69. The minimum Gasteiger partial charge on any atom is -0.452 e. The average molecular weight is 382 g/mol. The van der Waals surface area contributed by atoms with Gasteiger partial charge in [-0.25, -0.2) is 17.9 Å². The Bertz CT molecular complexity index is 787. The molecule has 26 heavy (non-hydrogen) atoms. The van der Waals surface area contributed by atoms with Crippen molar-refractivity contribution in [2.75, 3.05) is 26.2 Å². The minimum absolute atomic E-state index is 0.0271. The number of ether oxygens (including phenoxy) is 1. The molecule has 0 atom stereocenters. The third-order valence-electron chi connectivity index (χ3n) is 3.60. The summed E-state index contributed by atoms with van der Waals surface area (Å²) in [5, 5.41) is 0. The van der Waals surface area contributed by atoms with Crippen LogP contribution in [-0.4, -0.2) is 51.4 Å². The first-order valence-corrected chi connectivity index (χ1v) is 9.80. The Kier molecular flexibility index (Phi) is 7.98. The lowest BCUT2D eigenvalue weighted by atomic mass is 10.1. The van der Waals surface area contributed by atoms with Crippen molar-refractivity contribution in [3.63, 3.8) is 0 Å². The summed E-state index contributed by atoms with van der Waals surface area (Å²) in [7, 11) is -3.69. The molecule has 0 saturated carbocycles. The van der Waals surface area contributed by atoms with Gasteiger partial charge in [0.25, 0.3) is 5.91 Å². The van der Waals surface area contributed by atoms with E-state index < -0.39 is 22.6 Å². The van der Waals surface area contributed by atoms with Gasteiger partial charge in [0.2, 0.25) is 10.0 Å². The van der Waals surface area contributed by atoms with E-state index in [9.17, 15) is 18.0 Å². The van der Waals surface area contributed by atoms with Crippen LogP contribution in [-0.2, 0) is 19.6 Å².